The highest BCUT2D eigenvalue weighted by atomic mass is 16.2. The highest BCUT2D eigenvalue weighted by molar-refractivity contribution is 5.90. The Kier molecular flexibility index (Phi) is 3.22. The van der Waals surface area contributed by atoms with Crippen LogP contribution in [0.4, 0.5) is 0 Å². The van der Waals surface area contributed by atoms with Gasteiger partial charge in [0.25, 0.3) is 11.7 Å². The van der Waals surface area contributed by atoms with Gasteiger partial charge in [0.05, 0.1) is 0 Å². The van der Waals surface area contributed by atoms with Crippen LogP contribution in [-0.2, 0) is 0 Å². The van der Waals surface area contributed by atoms with Crippen molar-refractivity contribution in [3.8, 4) is 0 Å². The number of amides is 1. The van der Waals surface area contributed by atoms with Crippen molar-refractivity contribution in [1.29, 1.82) is 0 Å². The molecule has 0 aliphatic carbocycles. The first-order valence-corrected chi connectivity index (χ1v) is 6.61. The van der Waals surface area contributed by atoms with Crippen molar-refractivity contribution in [2.24, 2.45) is 0 Å². The number of nitrogens with zero attached hydrogens (tertiary/aromatic N) is 5. The summed E-state index contributed by atoms with van der Waals surface area (Å²) in [4.78, 5) is 16.5. The Labute approximate surface area is 106 Å². The van der Waals surface area contributed by atoms with Crippen LogP contribution in [0.3, 0.4) is 0 Å². The molecule has 2 aliphatic rings. The van der Waals surface area contributed by atoms with E-state index in [2.05, 4.69) is 25.5 Å². The molecule has 1 unspecified atom stereocenters. The molecule has 18 heavy (non-hydrogen) atoms. The zero-order chi connectivity index (χ0) is 12.4. The molecular formula is C11H18N6O. The van der Waals surface area contributed by atoms with Gasteiger partial charge in [-0.05, 0) is 44.0 Å². The van der Waals surface area contributed by atoms with Crippen molar-refractivity contribution < 1.29 is 4.79 Å². The van der Waals surface area contributed by atoms with Gasteiger partial charge in [-0.2, -0.15) is 5.21 Å². The molecule has 1 aromatic rings. The second-order valence-corrected chi connectivity index (χ2v) is 5.03. The van der Waals surface area contributed by atoms with Gasteiger partial charge in [0.1, 0.15) is 0 Å². The van der Waals surface area contributed by atoms with Crippen LogP contribution in [0, 0.1) is 0 Å². The molecule has 2 fully saturated rings. The SMILES string of the molecule is O=C(c1nn[nH]n1)N1CCCC(N2CCCC2)C1. The van der Waals surface area contributed by atoms with Crippen molar-refractivity contribution >= 4 is 5.91 Å². The summed E-state index contributed by atoms with van der Waals surface area (Å²) in [5, 5.41) is 13.3. The summed E-state index contributed by atoms with van der Waals surface area (Å²) >= 11 is 0. The average molecular weight is 250 g/mol. The molecule has 1 N–H and O–H groups in total. The van der Waals surface area contributed by atoms with E-state index >= 15 is 0 Å². The summed E-state index contributed by atoms with van der Waals surface area (Å²) in [5.41, 5.74) is 0. The lowest BCUT2D eigenvalue weighted by Gasteiger charge is -2.37. The van der Waals surface area contributed by atoms with Gasteiger partial charge in [-0.1, -0.05) is 0 Å². The lowest BCUT2D eigenvalue weighted by atomic mass is 10.0. The fourth-order valence-corrected chi connectivity index (χ4v) is 2.94. The van der Waals surface area contributed by atoms with Crippen LogP contribution in [0.15, 0.2) is 0 Å². The molecular weight excluding hydrogens is 232 g/mol. The number of nitrogens with one attached hydrogen (secondary N) is 1. The molecule has 2 aliphatic heterocycles. The van der Waals surface area contributed by atoms with E-state index in [1.165, 1.54) is 32.4 Å². The normalized spacial score (nSPS) is 25.6. The van der Waals surface area contributed by atoms with Crippen molar-refractivity contribution in [2.45, 2.75) is 31.7 Å². The molecule has 0 bridgehead atoms. The molecule has 98 valence electrons. The zero-order valence-electron chi connectivity index (χ0n) is 10.4. The minimum atomic E-state index is -0.104. The summed E-state index contributed by atoms with van der Waals surface area (Å²) in [6.07, 6.45) is 4.82. The Hall–Kier alpha value is -1.50. The van der Waals surface area contributed by atoms with E-state index in [1.54, 1.807) is 0 Å². The van der Waals surface area contributed by atoms with Crippen LogP contribution >= 0.6 is 0 Å². The second kappa shape index (κ2) is 5.01. The molecule has 1 aromatic heterocycles. The van der Waals surface area contributed by atoms with E-state index in [4.69, 9.17) is 0 Å². The molecule has 3 rings (SSSR count). The van der Waals surface area contributed by atoms with Crippen LogP contribution in [0.25, 0.3) is 0 Å². The number of carbonyl (C=O) groups is 1. The lowest BCUT2D eigenvalue weighted by molar-refractivity contribution is 0.0596. The van der Waals surface area contributed by atoms with E-state index in [-0.39, 0.29) is 11.7 Å². The Morgan fingerprint density at radius 2 is 2.06 bits per heavy atom. The maximum atomic E-state index is 12.1. The van der Waals surface area contributed by atoms with E-state index in [0.717, 1.165) is 19.5 Å². The number of tetrazole rings is 1. The molecule has 3 heterocycles. The largest absolute Gasteiger partial charge is 0.334 e. The van der Waals surface area contributed by atoms with Crippen LogP contribution in [0.2, 0.25) is 0 Å². The minimum absolute atomic E-state index is 0.104. The number of hydrogen-bond donors (Lipinski definition) is 1. The third kappa shape index (κ3) is 2.22. The maximum Gasteiger partial charge on any atom is 0.295 e. The molecule has 0 saturated carbocycles. The first-order valence-electron chi connectivity index (χ1n) is 6.61. The number of H-pyrrole nitrogens is 1. The fourth-order valence-electron chi connectivity index (χ4n) is 2.94. The predicted octanol–water partition coefficient (Wildman–Crippen LogP) is -0.0999. The number of hydrogen-bond acceptors (Lipinski definition) is 5. The monoisotopic (exact) mass is 250 g/mol. The molecule has 2 saturated heterocycles. The maximum absolute atomic E-state index is 12.1. The van der Waals surface area contributed by atoms with Gasteiger partial charge < -0.3 is 4.90 Å². The first-order chi connectivity index (χ1) is 8.84. The number of aromatic amines is 1. The van der Waals surface area contributed by atoms with Gasteiger partial charge in [-0.15, -0.1) is 10.2 Å². The van der Waals surface area contributed by atoms with Gasteiger partial charge in [0.15, 0.2) is 0 Å². The molecule has 7 heteroatoms. The van der Waals surface area contributed by atoms with E-state index in [1.807, 2.05) is 4.90 Å². The molecule has 0 radical (unpaired) electrons. The van der Waals surface area contributed by atoms with Crippen molar-refractivity contribution in [3.63, 3.8) is 0 Å². The Bertz CT molecular complexity index is 400. The third-order valence-corrected chi connectivity index (χ3v) is 3.88. The Morgan fingerprint density at radius 3 is 2.78 bits per heavy atom. The predicted molar refractivity (Wildman–Crippen MR) is 63.9 cm³/mol. The van der Waals surface area contributed by atoms with Crippen molar-refractivity contribution in [3.05, 3.63) is 5.82 Å². The Balaban J connectivity index is 1.64. The van der Waals surface area contributed by atoms with Crippen LogP contribution in [-0.4, -0.2) is 68.6 Å². The quantitative estimate of drug-likeness (QED) is 0.793. The van der Waals surface area contributed by atoms with Gasteiger partial charge >= 0.3 is 0 Å². The number of rotatable bonds is 2. The van der Waals surface area contributed by atoms with Crippen LogP contribution < -0.4 is 0 Å². The zero-order valence-corrected chi connectivity index (χ0v) is 10.4. The van der Waals surface area contributed by atoms with Gasteiger partial charge in [-0.3, -0.25) is 9.69 Å². The van der Waals surface area contributed by atoms with Gasteiger partial charge in [0, 0.05) is 19.1 Å². The first kappa shape index (κ1) is 11.6. The lowest BCUT2D eigenvalue weighted by Crippen LogP contribution is -2.49. The number of aromatic nitrogens is 4. The molecule has 1 amide bonds. The van der Waals surface area contributed by atoms with Crippen molar-refractivity contribution in [2.75, 3.05) is 26.2 Å². The summed E-state index contributed by atoms with van der Waals surface area (Å²) < 4.78 is 0. The van der Waals surface area contributed by atoms with E-state index in [0.29, 0.717) is 6.04 Å². The van der Waals surface area contributed by atoms with Gasteiger partial charge in [0.2, 0.25) is 0 Å². The number of piperidine rings is 1. The van der Waals surface area contributed by atoms with Gasteiger partial charge in [-0.25, -0.2) is 0 Å². The summed E-state index contributed by atoms with van der Waals surface area (Å²) in [5.74, 6) is 0.0738. The van der Waals surface area contributed by atoms with E-state index < -0.39 is 0 Å². The summed E-state index contributed by atoms with van der Waals surface area (Å²) in [6.45, 7) is 3.95. The molecule has 1 atom stereocenters. The number of carbonyl (C=O) groups excluding carboxylic acids is 1. The molecule has 0 aromatic carbocycles. The summed E-state index contributed by atoms with van der Waals surface area (Å²) in [7, 11) is 0. The standard InChI is InChI=1S/C11H18N6O/c18-11(10-12-14-15-13-10)17-7-3-4-9(8-17)16-5-1-2-6-16/h9H,1-8H2,(H,12,13,14,15). The smallest absolute Gasteiger partial charge is 0.295 e. The highest BCUT2D eigenvalue weighted by Gasteiger charge is 2.30. The molecule has 7 nitrogen and oxygen atoms in total. The number of likely N-dealkylation sites (tertiary alicyclic amines) is 2. The fraction of sp³-hybridized carbons (Fsp3) is 0.818. The van der Waals surface area contributed by atoms with Crippen LogP contribution in [0.5, 0.6) is 0 Å². The molecule has 0 spiro atoms. The Morgan fingerprint density at radius 1 is 1.22 bits per heavy atom. The van der Waals surface area contributed by atoms with Crippen molar-refractivity contribution in [1.82, 2.24) is 30.4 Å². The average Bonchev–Trinajstić information content (AvgIpc) is 3.11. The van der Waals surface area contributed by atoms with E-state index in [9.17, 15) is 4.79 Å². The third-order valence-electron chi connectivity index (χ3n) is 3.88. The van der Waals surface area contributed by atoms with Crippen LogP contribution in [0.1, 0.15) is 36.3 Å². The summed E-state index contributed by atoms with van der Waals surface area (Å²) in [6, 6.07) is 0.511. The minimum Gasteiger partial charge on any atom is -0.334 e. The highest BCUT2D eigenvalue weighted by Crippen LogP contribution is 2.20. The second-order valence-electron chi connectivity index (χ2n) is 5.03. The topological polar surface area (TPSA) is 78.0 Å².